The molecule has 0 aliphatic carbocycles. The van der Waals surface area contributed by atoms with Crippen LogP contribution in [0.2, 0.25) is 0 Å². The Morgan fingerprint density at radius 2 is 1.73 bits per heavy atom. The number of aryl methyl sites for hydroxylation is 1. The highest BCUT2D eigenvalue weighted by atomic mass is 79.9. The summed E-state index contributed by atoms with van der Waals surface area (Å²) < 4.78 is 0.865. The van der Waals surface area contributed by atoms with E-state index in [1.807, 2.05) is 80.6 Å². The van der Waals surface area contributed by atoms with Gasteiger partial charge in [0.05, 0.1) is 16.8 Å². The minimum absolute atomic E-state index is 0.0425. The number of aliphatic carboxylic acids is 1. The molecule has 0 radical (unpaired) electrons. The lowest BCUT2D eigenvalue weighted by atomic mass is 9.96. The molecule has 0 aliphatic rings. The first-order chi connectivity index (χ1) is 15.8. The number of benzene rings is 3. The zero-order valence-corrected chi connectivity index (χ0v) is 19.9. The molecule has 166 valence electrons. The number of carboxylic acids is 1. The lowest BCUT2D eigenvalue weighted by Crippen LogP contribution is -2.16. The van der Waals surface area contributed by atoms with Gasteiger partial charge in [0.2, 0.25) is 0 Å². The van der Waals surface area contributed by atoms with Gasteiger partial charge in [-0.15, -0.1) is 0 Å². The zero-order valence-electron chi connectivity index (χ0n) is 18.4. The number of nitrogens with one attached hydrogen (secondary N) is 1. The summed E-state index contributed by atoms with van der Waals surface area (Å²) >= 11 is 3.51. The van der Waals surface area contributed by atoms with Gasteiger partial charge in [-0.05, 0) is 61.2 Å². The molecule has 1 amide bonds. The minimum Gasteiger partial charge on any atom is -0.481 e. The number of carboxylic acid groups (broad SMARTS) is 1. The third kappa shape index (κ3) is 4.81. The third-order valence-corrected chi connectivity index (χ3v) is 6.26. The fourth-order valence-electron chi connectivity index (χ4n) is 4.02. The average Bonchev–Trinajstić information content (AvgIpc) is 2.79. The fraction of sp³-hybridized carbons (Fsp3) is 0.148. The van der Waals surface area contributed by atoms with Gasteiger partial charge in [-0.25, -0.2) is 4.98 Å². The Labute approximate surface area is 200 Å². The summed E-state index contributed by atoms with van der Waals surface area (Å²) in [6, 6.07) is 21.1. The molecule has 0 fully saturated rings. The number of hydrogen-bond acceptors (Lipinski definition) is 3. The van der Waals surface area contributed by atoms with E-state index in [1.165, 1.54) is 0 Å². The SMILES string of the molecule is Cc1c(CCC(=O)O)cccc1NC(=O)c1c(C)c(-c2ccccc2)nc2ccc(Br)cc12. The van der Waals surface area contributed by atoms with Crippen LogP contribution < -0.4 is 5.32 Å². The van der Waals surface area contributed by atoms with Crippen molar-refractivity contribution in [3.63, 3.8) is 0 Å². The van der Waals surface area contributed by atoms with Gasteiger partial charge in [0, 0.05) is 27.5 Å². The van der Waals surface area contributed by atoms with E-state index in [-0.39, 0.29) is 12.3 Å². The fourth-order valence-corrected chi connectivity index (χ4v) is 4.38. The average molecular weight is 503 g/mol. The monoisotopic (exact) mass is 502 g/mol. The van der Waals surface area contributed by atoms with Gasteiger partial charge < -0.3 is 10.4 Å². The number of fused-ring (bicyclic) bond motifs is 1. The summed E-state index contributed by atoms with van der Waals surface area (Å²) in [4.78, 5) is 29.5. The largest absolute Gasteiger partial charge is 0.481 e. The van der Waals surface area contributed by atoms with E-state index in [0.717, 1.165) is 43.3 Å². The maximum Gasteiger partial charge on any atom is 0.303 e. The van der Waals surface area contributed by atoms with Crippen molar-refractivity contribution in [2.45, 2.75) is 26.7 Å². The van der Waals surface area contributed by atoms with Gasteiger partial charge in [-0.2, -0.15) is 0 Å². The molecule has 6 heteroatoms. The molecule has 0 saturated carbocycles. The highest BCUT2D eigenvalue weighted by Crippen LogP contribution is 2.32. The number of aromatic nitrogens is 1. The molecule has 0 saturated heterocycles. The second kappa shape index (κ2) is 9.55. The van der Waals surface area contributed by atoms with Crippen molar-refractivity contribution in [3.8, 4) is 11.3 Å². The number of hydrogen-bond donors (Lipinski definition) is 2. The van der Waals surface area contributed by atoms with Crippen molar-refractivity contribution in [1.82, 2.24) is 4.98 Å². The molecule has 0 aliphatic heterocycles. The summed E-state index contributed by atoms with van der Waals surface area (Å²) in [5, 5.41) is 12.8. The number of anilines is 1. The van der Waals surface area contributed by atoms with Crippen LogP contribution in [0, 0.1) is 13.8 Å². The van der Waals surface area contributed by atoms with Crippen molar-refractivity contribution in [2.75, 3.05) is 5.32 Å². The molecule has 0 atom stereocenters. The molecule has 0 unspecified atom stereocenters. The summed E-state index contributed by atoms with van der Waals surface area (Å²) in [7, 11) is 0. The van der Waals surface area contributed by atoms with E-state index in [9.17, 15) is 9.59 Å². The van der Waals surface area contributed by atoms with Gasteiger partial charge in [0.15, 0.2) is 0 Å². The maximum atomic E-state index is 13.6. The molecular weight excluding hydrogens is 480 g/mol. The predicted octanol–water partition coefficient (Wildman–Crippen LogP) is 6.55. The lowest BCUT2D eigenvalue weighted by molar-refractivity contribution is -0.136. The molecule has 1 aromatic heterocycles. The Hall–Kier alpha value is -3.51. The standard InChI is InChI=1S/C27H23BrN2O3/c1-16-18(11-14-24(31)32)9-6-10-22(16)30-27(33)25-17(2)26(19-7-4-3-5-8-19)29-23-13-12-20(28)15-21(23)25/h3-10,12-13,15H,11,14H2,1-2H3,(H,30,33)(H,31,32). The Bertz CT molecular complexity index is 1370. The van der Waals surface area contributed by atoms with E-state index >= 15 is 0 Å². The van der Waals surface area contributed by atoms with Crippen molar-refractivity contribution in [3.05, 3.63) is 93.5 Å². The van der Waals surface area contributed by atoms with Crippen LogP contribution >= 0.6 is 15.9 Å². The smallest absolute Gasteiger partial charge is 0.303 e. The predicted molar refractivity (Wildman–Crippen MR) is 135 cm³/mol. The normalized spacial score (nSPS) is 10.9. The summed E-state index contributed by atoms with van der Waals surface area (Å²) in [6.07, 6.45) is 0.452. The molecule has 0 bridgehead atoms. The van der Waals surface area contributed by atoms with Gasteiger partial charge >= 0.3 is 5.97 Å². The third-order valence-electron chi connectivity index (χ3n) is 5.77. The number of pyridine rings is 1. The van der Waals surface area contributed by atoms with Gasteiger partial charge in [-0.3, -0.25) is 9.59 Å². The Morgan fingerprint density at radius 3 is 2.45 bits per heavy atom. The van der Waals surface area contributed by atoms with Crippen LogP contribution in [-0.2, 0) is 11.2 Å². The van der Waals surface area contributed by atoms with Crippen molar-refractivity contribution >= 4 is 44.4 Å². The van der Waals surface area contributed by atoms with Crippen LogP contribution in [0.3, 0.4) is 0 Å². The number of nitrogens with zero attached hydrogens (tertiary/aromatic N) is 1. The van der Waals surface area contributed by atoms with E-state index in [4.69, 9.17) is 10.1 Å². The van der Waals surface area contributed by atoms with Gasteiger partial charge in [0.1, 0.15) is 0 Å². The first kappa shape index (κ1) is 22.7. The number of amides is 1. The van der Waals surface area contributed by atoms with Crippen molar-refractivity contribution in [2.24, 2.45) is 0 Å². The topological polar surface area (TPSA) is 79.3 Å². The van der Waals surface area contributed by atoms with E-state index < -0.39 is 5.97 Å². The lowest BCUT2D eigenvalue weighted by Gasteiger charge is -2.17. The number of carbonyl (C=O) groups is 2. The molecule has 4 aromatic rings. The molecular formula is C27H23BrN2O3. The second-order valence-corrected chi connectivity index (χ2v) is 8.84. The van der Waals surface area contributed by atoms with E-state index in [0.29, 0.717) is 17.7 Å². The quantitative estimate of drug-likeness (QED) is 0.313. The summed E-state index contributed by atoms with van der Waals surface area (Å²) in [6.45, 7) is 3.82. The number of halogens is 1. The first-order valence-corrected chi connectivity index (χ1v) is 11.4. The van der Waals surface area contributed by atoms with Crippen LogP contribution in [0.25, 0.3) is 22.2 Å². The minimum atomic E-state index is -0.846. The molecule has 1 heterocycles. The molecule has 2 N–H and O–H groups in total. The molecule has 3 aromatic carbocycles. The molecule has 0 spiro atoms. The van der Waals surface area contributed by atoms with Gasteiger partial charge in [-0.1, -0.05) is 58.4 Å². The Kier molecular flexibility index (Phi) is 6.56. The van der Waals surface area contributed by atoms with Gasteiger partial charge in [0.25, 0.3) is 5.91 Å². The summed E-state index contributed by atoms with van der Waals surface area (Å²) in [5.74, 6) is -1.07. The van der Waals surface area contributed by atoms with Crippen LogP contribution in [0.1, 0.15) is 33.5 Å². The molecule has 33 heavy (non-hydrogen) atoms. The zero-order chi connectivity index (χ0) is 23.5. The first-order valence-electron chi connectivity index (χ1n) is 10.6. The molecule has 4 rings (SSSR count). The van der Waals surface area contributed by atoms with Crippen LogP contribution in [0.5, 0.6) is 0 Å². The molecule has 5 nitrogen and oxygen atoms in total. The van der Waals surface area contributed by atoms with E-state index in [1.54, 1.807) is 0 Å². The number of rotatable bonds is 6. The Morgan fingerprint density at radius 1 is 0.970 bits per heavy atom. The van der Waals surface area contributed by atoms with Crippen molar-refractivity contribution in [1.29, 1.82) is 0 Å². The van der Waals surface area contributed by atoms with Crippen LogP contribution in [0.4, 0.5) is 5.69 Å². The van der Waals surface area contributed by atoms with E-state index in [2.05, 4.69) is 21.2 Å². The van der Waals surface area contributed by atoms with Crippen molar-refractivity contribution < 1.29 is 14.7 Å². The second-order valence-electron chi connectivity index (χ2n) is 7.93. The van der Waals surface area contributed by atoms with Crippen LogP contribution in [-0.4, -0.2) is 22.0 Å². The highest BCUT2D eigenvalue weighted by molar-refractivity contribution is 9.10. The Balaban J connectivity index is 1.80. The summed E-state index contributed by atoms with van der Waals surface area (Å²) in [5.41, 5.74) is 6.25. The van der Waals surface area contributed by atoms with Crippen LogP contribution in [0.15, 0.2) is 71.2 Å². The highest BCUT2D eigenvalue weighted by Gasteiger charge is 2.20. The number of carbonyl (C=O) groups excluding carboxylic acids is 1. The maximum absolute atomic E-state index is 13.6.